The zero-order chi connectivity index (χ0) is 20.9. The molecular weight excluding hydrogens is 426 g/mol. The van der Waals surface area contributed by atoms with E-state index in [4.69, 9.17) is 21.1 Å². The first-order valence-corrected chi connectivity index (χ1v) is 10.9. The molecule has 1 amide bonds. The molecule has 3 aromatic rings. The molecule has 2 aromatic heterocycles. The van der Waals surface area contributed by atoms with Crippen molar-refractivity contribution < 1.29 is 14.3 Å². The van der Waals surface area contributed by atoms with Gasteiger partial charge in [-0.15, -0.1) is 0 Å². The zero-order valence-electron chi connectivity index (χ0n) is 16.6. The van der Waals surface area contributed by atoms with Crippen LogP contribution in [0.1, 0.15) is 16.9 Å². The number of amides is 1. The number of halogens is 1. The number of carbonyl (C=O) groups excluding carboxylic acids is 1. The highest BCUT2D eigenvalue weighted by Gasteiger charge is 2.24. The quantitative estimate of drug-likeness (QED) is 0.550. The first-order valence-electron chi connectivity index (χ1n) is 9.68. The number of hydrogen-bond acceptors (Lipinski definition) is 8. The van der Waals surface area contributed by atoms with Crippen LogP contribution in [0.25, 0.3) is 10.2 Å². The van der Waals surface area contributed by atoms with Crippen LogP contribution < -0.4 is 9.64 Å². The van der Waals surface area contributed by atoms with Crippen molar-refractivity contribution in [1.82, 2.24) is 19.9 Å². The summed E-state index contributed by atoms with van der Waals surface area (Å²) in [6.45, 7) is 4.70. The van der Waals surface area contributed by atoms with Crippen molar-refractivity contribution in [3.8, 4) is 5.75 Å². The Morgan fingerprint density at radius 1 is 1.33 bits per heavy atom. The van der Waals surface area contributed by atoms with E-state index in [0.29, 0.717) is 28.0 Å². The Hall–Kier alpha value is -2.33. The van der Waals surface area contributed by atoms with Gasteiger partial charge in [0.2, 0.25) is 0 Å². The van der Waals surface area contributed by atoms with Gasteiger partial charge in [0.05, 0.1) is 36.2 Å². The van der Waals surface area contributed by atoms with Gasteiger partial charge in [0.25, 0.3) is 5.91 Å². The molecule has 1 aliphatic rings. The molecule has 0 radical (unpaired) electrons. The molecule has 0 unspecified atom stereocenters. The highest BCUT2D eigenvalue weighted by Crippen LogP contribution is 2.39. The van der Waals surface area contributed by atoms with Crippen LogP contribution in [0.4, 0.5) is 5.13 Å². The molecule has 30 heavy (non-hydrogen) atoms. The number of morpholine rings is 1. The molecule has 1 saturated heterocycles. The molecule has 0 bridgehead atoms. The summed E-state index contributed by atoms with van der Waals surface area (Å²) in [4.78, 5) is 30.1. The lowest BCUT2D eigenvalue weighted by Crippen LogP contribution is -2.39. The van der Waals surface area contributed by atoms with Gasteiger partial charge in [0.1, 0.15) is 17.0 Å². The van der Waals surface area contributed by atoms with Crippen LogP contribution in [-0.4, -0.2) is 72.3 Å². The fraction of sp³-hybridized carbons (Fsp3) is 0.400. The molecule has 3 heterocycles. The van der Waals surface area contributed by atoms with Crippen LogP contribution >= 0.6 is 22.9 Å². The Kier molecular flexibility index (Phi) is 6.73. The highest BCUT2D eigenvalue weighted by atomic mass is 35.5. The van der Waals surface area contributed by atoms with Gasteiger partial charge >= 0.3 is 0 Å². The topological polar surface area (TPSA) is 80.7 Å². The molecule has 0 atom stereocenters. The molecule has 0 aliphatic carbocycles. The molecule has 0 N–H and O–H groups in total. The molecule has 4 rings (SSSR count). The van der Waals surface area contributed by atoms with Crippen molar-refractivity contribution in [2.24, 2.45) is 0 Å². The Balaban J connectivity index is 1.61. The second-order valence-corrected chi connectivity index (χ2v) is 8.16. The first-order chi connectivity index (χ1) is 14.7. The van der Waals surface area contributed by atoms with Crippen molar-refractivity contribution in [1.29, 1.82) is 0 Å². The van der Waals surface area contributed by atoms with Crippen molar-refractivity contribution >= 4 is 44.2 Å². The van der Waals surface area contributed by atoms with Gasteiger partial charge in [-0.25, -0.2) is 9.97 Å². The number of thiazole rings is 1. The third kappa shape index (κ3) is 4.54. The molecule has 158 valence electrons. The van der Waals surface area contributed by atoms with Crippen molar-refractivity contribution in [2.75, 3.05) is 51.4 Å². The van der Waals surface area contributed by atoms with Gasteiger partial charge < -0.3 is 9.47 Å². The number of methoxy groups -OCH3 is 1. The maximum Gasteiger partial charge on any atom is 0.280 e. The van der Waals surface area contributed by atoms with Gasteiger partial charge in [-0.3, -0.25) is 19.6 Å². The van der Waals surface area contributed by atoms with Gasteiger partial charge in [0.15, 0.2) is 5.13 Å². The monoisotopic (exact) mass is 447 g/mol. The van der Waals surface area contributed by atoms with Crippen LogP contribution in [-0.2, 0) is 4.74 Å². The van der Waals surface area contributed by atoms with E-state index in [0.717, 1.165) is 44.0 Å². The number of carbonyl (C=O) groups is 1. The number of aromatic nitrogens is 3. The largest absolute Gasteiger partial charge is 0.494 e. The summed E-state index contributed by atoms with van der Waals surface area (Å²) in [7, 11) is 1.59. The Morgan fingerprint density at radius 2 is 2.17 bits per heavy atom. The predicted octanol–water partition coefficient (Wildman–Crippen LogP) is 3.12. The van der Waals surface area contributed by atoms with Crippen molar-refractivity contribution in [3.63, 3.8) is 0 Å². The van der Waals surface area contributed by atoms with E-state index in [1.165, 1.54) is 23.7 Å². The number of ether oxygens (including phenoxy) is 2. The van der Waals surface area contributed by atoms with Crippen molar-refractivity contribution in [3.05, 3.63) is 41.4 Å². The summed E-state index contributed by atoms with van der Waals surface area (Å²) >= 11 is 7.75. The van der Waals surface area contributed by atoms with E-state index < -0.39 is 0 Å². The maximum atomic E-state index is 13.2. The second-order valence-electron chi connectivity index (χ2n) is 6.78. The summed E-state index contributed by atoms with van der Waals surface area (Å²) < 4.78 is 11.6. The standard InChI is InChI=1S/C20H22ClN5O3S/c1-28-16-4-3-14(21)18-17(16)24-20(30-18)26(19(27)15-13-22-5-6-23-15)8-2-7-25-9-11-29-12-10-25/h3-6,13H,2,7-12H2,1H3. The van der Waals surface area contributed by atoms with Gasteiger partial charge in [-0.2, -0.15) is 0 Å². The Labute approximate surface area is 183 Å². The minimum absolute atomic E-state index is 0.237. The molecule has 1 aliphatic heterocycles. The average molecular weight is 448 g/mol. The van der Waals surface area contributed by atoms with E-state index >= 15 is 0 Å². The molecule has 0 saturated carbocycles. The lowest BCUT2D eigenvalue weighted by molar-refractivity contribution is 0.0376. The third-order valence-corrected chi connectivity index (χ3v) is 6.42. The van der Waals surface area contributed by atoms with E-state index in [2.05, 4.69) is 19.9 Å². The van der Waals surface area contributed by atoms with Gasteiger partial charge in [-0.1, -0.05) is 22.9 Å². The van der Waals surface area contributed by atoms with E-state index in [1.54, 1.807) is 30.3 Å². The number of hydrogen-bond donors (Lipinski definition) is 0. The number of nitrogens with zero attached hydrogens (tertiary/aromatic N) is 5. The predicted molar refractivity (Wildman–Crippen MR) is 117 cm³/mol. The smallest absolute Gasteiger partial charge is 0.280 e. The number of benzene rings is 1. The van der Waals surface area contributed by atoms with Crippen LogP contribution in [0.2, 0.25) is 5.02 Å². The van der Waals surface area contributed by atoms with E-state index in [-0.39, 0.29) is 11.6 Å². The van der Waals surface area contributed by atoms with E-state index in [1.807, 2.05) is 0 Å². The van der Waals surface area contributed by atoms with Crippen LogP contribution in [0, 0.1) is 0 Å². The summed E-state index contributed by atoms with van der Waals surface area (Å²) in [5.74, 6) is 0.386. The number of rotatable bonds is 7. The molecule has 10 heteroatoms. The Bertz CT molecular complexity index is 1010. The van der Waals surface area contributed by atoms with Gasteiger partial charge in [0, 0.05) is 38.6 Å². The second kappa shape index (κ2) is 9.65. The highest BCUT2D eigenvalue weighted by molar-refractivity contribution is 7.23. The van der Waals surface area contributed by atoms with Crippen LogP contribution in [0.3, 0.4) is 0 Å². The van der Waals surface area contributed by atoms with Crippen molar-refractivity contribution in [2.45, 2.75) is 6.42 Å². The lowest BCUT2D eigenvalue weighted by atomic mass is 10.3. The maximum absolute atomic E-state index is 13.2. The minimum Gasteiger partial charge on any atom is -0.494 e. The number of fused-ring (bicyclic) bond motifs is 1. The minimum atomic E-state index is -0.237. The SMILES string of the molecule is COc1ccc(Cl)c2sc(N(CCCN3CCOCC3)C(=O)c3cnccn3)nc12. The van der Waals surface area contributed by atoms with Gasteiger partial charge in [-0.05, 0) is 18.6 Å². The molecule has 8 nitrogen and oxygen atoms in total. The summed E-state index contributed by atoms with van der Waals surface area (Å²) in [5.41, 5.74) is 0.927. The summed E-state index contributed by atoms with van der Waals surface area (Å²) in [5, 5.41) is 1.14. The average Bonchev–Trinajstić information content (AvgIpc) is 3.24. The fourth-order valence-electron chi connectivity index (χ4n) is 3.33. The first kappa shape index (κ1) is 20.9. The fourth-order valence-corrected chi connectivity index (χ4v) is 4.61. The van der Waals surface area contributed by atoms with E-state index in [9.17, 15) is 4.79 Å². The molecule has 1 aromatic carbocycles. The van der Waals surface area contributed by atoms with Crippen LogP contribution in [0.5, 0.6) is 5.75 Å². The lowest BCUT2D eigenvalue weighted by Gasteiger charge is -2.27. The number of anilines is 1. The normalized spacial score (nSPS) is 14.7. The zero-order valence-corrected chi connectivity index (χ0v) is 18.2. The molecule has 1 fully saturated rings. The summed E-state index contributed by atoms with van der Waals surface area (Å²) in [6.07, 6.45) is 5.32. The molecular formula is C20H22ClN5O3S. The third-order valence-electron chi connectivity index (χ3n) is 4.89. The molecule has 0 spiro atoms. The van der Waals surface area contributed by atoms with Crippen LogP contribution in [0.15, 0.2) is 30.7 Å². The summed E-state index contributed by atoms with van der Waals surface area (Å²) in [6, 6.07) is 3.55. The Morgan fingerprint density at radius 3 is 2.90 bits per heavy atom.